The van der Waals surface area contributed by atoms with Gasteiger partial charge in [0.15, 0.2) is 11.5 Å². The van der Waals surface area contributed by atoms with Crippen molar-refractivity contribution < 1.29 is 23.7 Å². The largest absolute Gasteiger partial charge is 0.493 e. The van der Waals surface area contributed by atoms with E-state index in [0.717, 1.165) is 11.1 Å². The topological polar surface area (TPSA) is 54.0 Å². The van der Waals surface area contributed by atoms with Crippen LogP contribution in [0.5, 0.6) is 17.2 Å². The van der Waals surface area contributed by atoms with Gasteiger partial charge in [-0.3, -0.25) is 0 Å². The van der Waals surface area contributed by atoms with Crippen LogP contribution < -0.4 is 14.2 Å². The van der Waals surface area contributed by atoms with Crippen LogP contribution in [0, 0.1) is 0 Å². The van der Waals surface area contributed by atoms with Gasteiger partial charge in [-0.25, -0.2) is 4.79 Å². The third-order valence-corrected chi connectivity index (χ3v) is 4.30. The van der Waals surface area contributed by atoms with Crippen LogP contribution in [-0.4, -0.2) is 27.3 Å². The first-order valence-corrected chi connectivity index (χ1v) is 9.02. The average molecular weight is 384 g/mol. The van der Waals surface area contributed by atoms with Gasteiger partial charge in [-0.15, -0.1) is 0 Å². The highest BCUT2D eigenvalue weighted by molar-refractivity contribution is 5.87. The molecule has 0 aromatic heterocycles. The molecule has 2 aromatic carbocycles. The van der Waals surface area contributed by atoms with E-state index < -0.39 is 5.97 Å². The quantitative estimate of drug-likeness (QED) is 0.509. The van der Waals surface area contributed by atoms with Gasteiger partial charge in [0.25, 0.3) is 0 Å². The van der Waals surface area contributed by atoms with E-state index in [0.29, 0.717) is 17.2 Å². The van der Waals surface area contributed by atoms with Gasteiger partial charge in [-0.2, -0.15) is 0 Å². The third kappa shape index (κ3) is 5.52. The first-order valence-electron chi connectivity index (χ1n) is 9.02. The molecule has 0 heterocycles. The second kappa shape index (κ2) is 9.31. The summed E-state index contributed by atoms with van der Waals surface area (Å²) in [5.74, 6) is 1.12. The molecule has 28 heavy (non-hydrogen) atoms. The second-order valence-electron chi connectivity index (χ2n) is 7.35. The van der Waals surface area contributed by atoms with Crippen molar-refractivity contribution in [2.45, 2.75) is 32.8 Å². The van der Waals surface area contributed by atoms with Crippen LogP contribution >= 0.6 is 0 Å². The Hall–Kier alpha value is -2.95. The molecule has 5 nitrogen and oxygen atoms in total. The summed E-state index contributed by atoms with van der Waals surface area (Å²) in [6, 6.07) is 11.6. The first-order chi connectivity index (χ1) is 13.3. The summed E-state index contributed by atoms with van der Waals surface area (Å²) in [5, 5.41) is 0. The fourth-order valence-corrected chi connectivity index (χ4v) is 2.67. The zero-order valence-corrected chi connectivity index (χ0v) is 17.4. The number of hydrogen-bond acceptors (Lipinski definition) is 5. The predicted octanol–water partition coefficient (Wildman–Crippen LogP) is 4.77. The van der Waals surface area contributed by atoms with Crippen LogP contribution in [0.15, 0.2) is 42.5 Å². The Kier molecular flexibility index (Phi) is 7.10. The van der Waals surface area contributed by atoms with E-state index in [1.807, 2.05) is 12.1 Å². The minimum absolute atomic E-state index is 0.0957. The fraction of sp³-hybridized carbons (Fsp3) is 0.348. The Morgan fingerprint density at radius 3 is 1.96 bits per heavy atom. The molecule has 2 rings (SSSR count). The molecule has 0 bridgehead atoms. The smallest absolute Gasteiger partial charge is 0.331 e. The lowest BCUT2D eigenvalue weighted by molar-refractivity contribution is -0.138. The van der Waals surface area contributed by atoms with Crippen LogP contribution in [0.25, 0.3) is 6.08 Å². The molecule has 150 valence electrons. The Balaban J connectivity index is 2.02. The van der Waals surface area contributed by atoms with Crippen molar-refractivity contribution in [1.82, 2.24) is 0 Å². The maximum absolute atomic E-state index is 12.1. The zero-order valence-electron chi connectivity index (χ0n) is 17.4. The van der Waals surface area contributed by atoms with E-state index in [2.05, 4.69) is 32.9 Å². The van der Waals surface area contributed by atoms with E-state index in [1.165, 1.54) is 11.6 Å². The van der Waals surface area contributed by atoms with Gasteiger partial charge in [-0.05, 0) is 40.3 Å². The van der Waals surface area contributed by atoms with Crippen molar-refractivity contribution in [3.8, 4) is 17.2 Å². The predicted molar refractivity (Wildman–Crippen MR) is 110 cm³/mol. The number of methoxy groups -OCH3 is 3. The monoisotopic (exact) mass is 384 g/mol. The maximum atomic E-state index is 12.1. The van der Waals surface area contributed by atoms with Gasteiger partial charge in [0.05, 0.1) is 21.3 Å². The number of benzene rings is 2. The summed E-state index contributed by atoms with van der Waals surface area (Å²) in [6.45, 7) is 6.71. The van der Waals surface area contributed by atoms with Crippen molar-refractivity contribution in [2.24, 2.45) is 0 Å². The van der Waals surface area contributed by atoms with Gasteiger partial charge < -0.3 is 18.9 Å². The molecule has 0 N–H and O–H groups in total. The normalized spacial score (nSPS) is 11.4. The Morgan fingerprint density at radius 2 is 1.50 bits per heavy atom. The molecule has 0 aliphatic rings. The molecule has 0 radical (unpaired) electrons. The maximum Gasteiger partial charge on any atom is 0.331 e. The third-order valence-electron chi connectivity index (χ3n) is 4.30. The molecule has 0 saturated heterocycles. The van der Waals surface area contributed by atoms with Crippen LogP contribution in [0.4, 0.5) is 0 Å². The summed E-state index contributed by atoms with van der Waals surface area (Å²) in [4.78, 5) is 12.1. The molecule has 0 aliphatic heterocycles. The molecule has 0 amide bonds. The Morgan fingerprint density at radius 1 is 0.929 bits per heavy atom. The number of carbonyl (C=O) groups is 1. The molecular weight excluding hydrogens is 356 g/mol. The molecule has 0 spiro atoms. The molecular formula is C23H28O5. The van der Waals surface area contributed by atoms with Gasteiger partial charge in [-0.1, -0.05) is 45.0 Å². The van der Waals surface area contributed by atoms with Crippen LogP contribution in [0.3, 0.4) is 0 Å². The van der Waals surface area contributed by atoms with Crippen molar-refractivity contribution in [2.75, 3.05) is 21.3 Å². The standard InChI is InChI=1S/C23H28O5/c1-23(2,3)18-10-7-16(8-11-18)15-28-21(24)12-9-17-13-19(25-4)22(27-6)20(14-17)26-5/h7-14H,15H2,1-6H3/b12-9+. The van der Waals surface area contributed by atoms with Gasteiger partial charge >= 0.3 is 5.97 Å². The van der Waals surface area contributed by atoms with Crippen molar-refractivity contribution in [1.29, 1.82) is 0 Å². The lowest BCUT2D eigenvalue weighted by Gasteiger charge is -2.19. The number of carbonyl (C=O) groups excluding carboxylic acids is 1. The molecule has 0 aliphatic carbocycles. The average Bonchev–Trinajstić information content (AvgIpc) is 2.69. The zero-order chi connectivity index (χ0) is 20.7. The lowest BCUT2D eigenvalue weighted by Crippen LogP contribution is -2.10. The summed E-state index contributed by atoms with van der Waals surface area (Å²) in [5.41, 5.74) is 3.02. The first kappa shape index (κ1) is 21.4. The van der Waals surface area contributed by atoms with Crippen LogP contribution in [0.2, 0.25) is 0 Å². The highest BCUT2D eigenvalue weighted by Gasteiger charge is 2.13. The van der Waals surface area contributed by atoms with E-state index in [4.69, 9.17) is 18.9 Å². The summed E-state index contributed by atoms with van der Waals surface area (Å²) >= 11 is 0. The van der Waals surface area contributed by atoms with E-state index in [1.54, 1.807) is 39.5 Å². The van der Waals surface area contributed by atoms with E-state index in [9.17, 15) is 4.79 Å². The summed E-state index contributed by atoms with van der Waals surface area (Å²) in [7, 11) is 4.63. The van der Waals surface area contributed by atoms with Gasteiger partial charge in [0.1, 0.15) is 6.61 Å². The molecule has 0 fully saturated rings. The highest BCUT2D eigenvalue weighted by Crippen LogP contribution is 2.38. The number of rotatable bonds is 7. The number of esters is 1. The molecule has 0 atom stereocenters. The van der Waals surface area contributed by atoms with Crippen LogP contribution in [0.1, 0.15) is 37.5 Å². The minimum atomic E-state index is -0.423. The summed E-state index contributed by atoms with van der Waals surface area (Å²) < 4.78 is 21.2. The molecule has 2 aromatic rings. The van der Waals surface area contributed by atoms with Crippen molar-refractivity contribution in [3.05, 3.63) is 59.2 Å². The van der Waals surface area contributed by atoms with Crippen molar-refractivity contribution in [3.63, 3.8) is 0 Å². The van der Waals surface area contributed by atoms with Gasteiger partial charge in [0, 0.05) is 6.08 Å². The Labute approximate surface area is 166 Å². The second-order valence-corrected chi connectivity index (χ2v) is 7.35. The van der Waals surface area contributed by atoms with E-state index >= 15 is 0 Å². The molecule has 0 unspecified atom stereocenters. The number of hydrogen-bond donors (Lipinski definition) is 0. The molecule has 5 heteroatoms. The highest BCUT2D eigenvalue weighted by atomic mass is 16.5. The van der Waals surface area contributed by atoms with Crippen molar-refractivity contribution >= 4 is 12.0 Å². The lowest BCUT2D eigenvalue weighted by atomic mass is 9.87. The van der Waals surface area contributed by atoms with E-state index in [-0.39, 0.29) is 12.0 Å². The SMILES string of the molecule is COc1cc(/C=C/C(=O)OCc2ccc(C(C)(C)C)cc2)cc(OC)c1OC. The fourth-order valence-electron chi connectivity index (χ4n) is 2.67. The molecule has 0 saturated carbocycles. The summed E-state index contributed by atoms with van der Waals surface area (Å²) in [6.07, 6.45) is 3.03. The van der Waals surface area contributed by atoms with Gasteiger partial charge in [0.2, 0.25) is 5.75 Å². The van der Waals surface area contributed by atoms with Crippen LogP contribution in [-0.2, 0) is 21.6 Å². The number of ether oxygens (including phenoxy) is 4. The Bertz CT molecular complexity index is 804. The minimum Gasteiger partial charge on any atom is -0.493 e.